The van der Waals surface area contributed by atoms with Gasteiger partial charge in [0, 0.05) is 0 Å². The summed E-state index contributed by atoms with van der Waals surface area (Å²) in [6, 6.07) is 0. The Bertz CT molecular complexity index is 236. The lowest BCUT2D eigenvalue weighted by Gasteiger charge is -2.14. The highest BCUT2D eigenvalue weighted by atomic mass is 16.6. The molecule has 5 N–H and O–H groups in total. The van der Waals surface area contributed by atoms with Crippen LogP contribution < -0.4 is 5.73 Å². The fraction of sp³-hybridized carbons (Fsp3) is 0.500. The van der Waals surface area contributed by atoms with Gasteiger partial charge in [-0.2, -0.15) is 0 Å². The average Bonchev–Trinajstić information content (AvgIpc) is 2.32. The monoisotopic (exact) mass is 175 g/mol. The van der Waals surface area contributed by atoms with E-state index in [1.165, 1.54) is 0 Å². The van der Waals surface area contributed by atoms with E-state index in [2.05, 4.69) is 4.74 Å². The van der Waals surface area contributed by atoms with Gasteiger partial charge in [0.1, 0.15) is 6.10 Å². The molecule has 0 aromatic rings. The van der Waals surface area contributed by atoms with Gasteiger partial charge in [-0.25, -0.2) is 4.79 Å². The summed E-state index contributed by atoms with van der Waals surface area (Å²) in [5.74, 6) is -1.41. The SMILES string of the molecule is NC1=C(O)[C@H]([C@H](O)CO)OC1=O. The summed E-state index contributed by atoms with van der Waals surface area (Å²) in [6.45, 7) is -0.616. The Morgan fingerprint density at radius 2 is 2.25 bits per heavy atom. The number of carbonyl (C=O) groups is 1. The van der Waals surface area contributed by atoms with Crippen LogP contribution in [0.3, 0.4) is 0 Å². The van der Waals surface area contributed by atoms with Crippen LogP contribution in [0.2, 0.25) is 0 Å². The van der Waals surface area contributed by atoms with Crippen molar-refractivity contribution in [3.63, 3.8) is 0 Å². The maximum Gasteiger partial charge on any atom is 0.358 e. The van der Waals surface area contributed by atoms with Gasteiger partial charge in [0.15, 0.2) is 17.6 Å². The summed E-state index contributed by atoms with van der Waals surface area (Å²) in [5.41, 5.74) is 4.64. The molecule has 0 amide bonds. The van der Waals surface area contributed by atoms with E-state index in [1.807, 2.05) is 0 Å². The van der Waals surface area contributed by atoms with E-state index < -0.39 is 36.2 Å². The van der Waals surface area contributed by atoms with E-state index in [0.29, 0.717) is 0 Å². The molecule has 2 atom stereocenters. The lowest BCUT2D eigenvalue weighted by atomic mass is 10.2. The number of carbonyl (C=O) groups excluding carboxylic acids is 1. The van der Waals surface area contributed by atoms with Crippen molar-refractivity contribution in [1.29, 1.82) is 0 Å². The van der Waals surface area contributed by atoms with Crippen LogP contribution in [-0.4, -0.2) is 40.1 Å². The first-order valence-corrected chi connectivity index (χ1v) is 3.26. The molecule has 68 valence electrons. The topological polar surface area (TPSA) is 113 Å². The molecule has 6 nitrogen and oxygen atoms in total. The van der Waals surface area contributed by atoms with Crippen LogP contribution in [0.25, 0.3) is 0 Å². The Morgan fingerprint density at radius 3 is 2.58 bits per heavy atom. The van der Waals surface area contributed by atoms with Gasteiger partial charge < -0.3 is 25.8 Å². The number of rotatable bonds is 2. The second kappa shape index (κ2) is 3.00. The molecule has 0 aliphatic carbocycles. The lowest BCUT2D eigenvalue weighted by molar-refractivity contribution is -0.145. The van der Waals surface area contributed by atoms with Gasteiger partial charge in [-0.1, -0.05) is 0 Å². The molecule has 1 aliphatic heterocycles. The van der Waals surface area contributed by atoms with Gasteiger partial charge in [-0.05, 0) is 0 Å². The van der Waals surface area contributed by atoms with Gasteiger partial charge in [0.25, 0.3) is 0 Å². The van der Waals surface area contributed by atoms with Gasteiger partial charge in [0.2, 0.25) is 0 Å². The maximum absolute atomic E-state index is 10.7. The van der Waals surface area contributed by atoms with Crippen molar-refractivity contribution in [3.05, 3.63) is 11.5 Å². The number of hydrogen-bond donors (Lipinski definition) is 4. The summed E-state index contributed by atoms with van der Waals surface area (Å²) in [6.07, 6.45) is -2.57. The Balaban J connectivity index is 2.80. The van der Waals surface area contributed by atoms with Crippen molar-refractivity contribution in [2.24, 2.45) is 5.73 Å². The number of aliphatic hydroxyl groups is 3. The van der Waals surface area contributed by atoms with Crippen molar-refractivity contribution in [2.45, 2.75) is 12.2 Å². The van der Waals surface area contributed by atoms with E-state index in [-0.39, 0.29) is 0 Å². The third-order valence-corrected chi connectivity index (χ3v) is 1.54. The highest BCUT2D eigenvalue weighted by molar-refractivity contribution is 5.90. The molecular formula is C6H9NO5. The van der Waals surface area contributed by atoms with Gasteiger partial charge >= 0.3 is 5.97 Å². The van der Waals surface area contributed by atoms with Crippen LogP contribution in [0.15, 0.2) is 11.5 Å². The number of esters is 1. The fourth-order valence-corrected chi connectivity index (χ4v) is 0.849. The third-order valence-electron chi connectivity index (χ3n) is 1.54. The van der Waals surface area contributed by atoms with Gasteiger partial charge in [-0.3, -0.25) is 0 Å². The predicted octanol–water partition coefficient (Wildman–Crippen LogP) is -2.01. The molecule has 1 heterocycles. The predicted molar refractivity (Wildman–Crippen MR) is 36.8 cm³/mol. The van der Waals surface area contributed by atoms with Crippen LogP contribution in [0.4, 0.5) is 0 Å². The molecule has 0 saturated heterocycles. The molecule has 0 radical (unpaired) electrons. The summed E-state index contributed by atoms with van der Waals surface area (Å²) < 4.78 is 4.44. The Kier molecular flexibility index (Phi) is 2.20. The summed E-state index contributed by atoms with van der Waals surface area (Å²) in [5, 5.41) is 26.5. The van der Waals surface area contributed by atoms with Crippen molar-refractivity contribution >= 4 is 5.97 Å². The largest absolute Gasteiger partial charge is 0.506 e. The molecule has 0 spiro atoms. The summed E-state index contributed by atoms with van der Waals surface area (Å²) in [4.78, 5) is 10.7. The first-order chi connectivity index (χ1) is 5.57. The van der Waals surface area contributed by atoms with Crippen LogP contribution in [0, 0.1) is 0 Å². The maximum atomic E-state index is 10.7. The van der Waals surface area contributed by atoms with E-state index in [1.54, 1.807) is 0 Å². The zero-order valence-electron chi connectivity index (χ0n) is 6.10. The van der Waals surface area contributed by atoms with Crippen molar-refractivity contribution in [3.8, 4) is 0 Å². The average molecular weight is 175 g/mol. The highest BCUT2D eigenvalue weighted by Gasteiger charge is 2.37. The minimum absolute atomic E-state index is 0.424. The quantitative estimate of drug-likeness (QED) is 0.361. The highest BCUT2D eigenvalue weighted by Crippen LogP contribution is 2.19. The number of cyclic esters (lactones) is 1. The molecule has 0 unspecified atom stereocenters. The number of nitrogens with two attached hydrogens (primary N) is 1. The van der Waals surface area contributed by atoms with Crippen LogP contribution in [0.1, 0.15) is 0 Å². The first kappa shape index (κ1) is 8.82. The van der Waals surface area contributed by atoms with Gasteiger partial charge in [0.05, 0.1) is 6.61 Å². The number of hydrogen-bond acceptors (Lipinski definition) is 6. The van der Waals surface area contributed by atoms with Crippen LogP contribution in [0.5, 0.6) is 0 Å². The molecule has 12 heavy (non-hydrogen) atoms. The summed E-state index contributed by atoms with van der Waals surface area (Å²) in [7, 11) is 0. The molecule has 1 rings (SSSR count). The van der Waals surface area contributed by atoms with Crippen LogP contribution in [-0.2, 0) is 9.53 Å². The van der Waals surface area contributed by atoms with Crippen LogP contribution >= 0.6 is 0 Å². The normalized spacial score (nSPS) is 25.8. The second-order valence-corrected chi connectivity index (χ2v) is 2.37. The molecule has 0 bridgehead atoms. The van der Waals surface area contributed by atoms with Gasteiger partial charge in [-0.15, -0.1) is 0 Å². The zero-order valence-corrected chi connectivity index (χ0v) is 6.10. The molecule has 1 aliphatic rings. The lowest BCUT2D eigenvalue weighted by Crippen LogP contribution is -2.31. The molecule has 6 heteroatoms. The Hall–Kier alpha value is -1.27. The zero-order chi connectivity index (χ0) is 9.30. The Morgan fingerprint density at radius 1 is 1.67 bits per heavy atom. The van der Waals surface area contributed by atoms with Crippen molar-refractivity contribution in [1.82, 2.24) is 0 Å². The van der Waals surface area contributed by atoms with Crippen molar-refractivity contribution < 1.29 is 24.9 Å². The van der Waals surface area contributed by atoms with Crippen molar-refractivity contribution in [2.75, 3.05) is 6.61 Å². The minimum Gasteiger partial charge on any atom is -0.506 e. The molecular weight excluding hydrogens is 166 g/mol. The number of ether oxygens (including phenoxy) is 1. The molecule has 0 saturated carbocycles. The van der Waals surface area contributed by atoms with E-state index >= 15 is 0 Å². The molecule has 0 aromatic heterocycles. The standard InChI is InChI=1S/C6H9NO5/c7-3-4(10)5(2(9)1-8)12-6(3)11/h2,5,8-10H,1,7H2/t2-,5+/m1/s1. The van der Waals surface area contributed by atoms with E-state index in [9.17, 15) is 4.79 Å². The molecule has 0 fully saturated rings. The second-order valence-electron chi connectivity index (χ2n) is 2.37. The van der Waals surface area contributed by atoms with E-state index in [0.717, 1.165) is 0 Å². The Labute approximate surface area is 67.9 Å². The van der Waals surface area contributed by atoms with E-state index in [4.69, 9.17) is 21.1 Å². The minimum atomic E-state index is -1.34. The first-order valence-electron chi connectivity index (χ1n) is 3.26. The fourth-order valence-electron chi connectivity index (χ4n) is 0.849. The smallest absolute Gasteiger partial charge is 0.358 e. The summed E-state index contributed by atoms with van der Waals surface area (Å²) >= 11 is 0. The molecule has 0 aromatic carbocycles. The number of aliphatic hydroxyl groups excluding tert-OH is 3. The third kappa shape index (κ3) is 1.21.